The number of halogens is 1. The summed E-state index contributed by atoms with van der Waals surface area (Å²) < 4.78 is 0. The lowest BCUT2D eigenvalue weighted by molar-refractivity contribution is 0.832. The van der Waals surface area contributed by atoms with Gasteiger partial charge in [0.15, 0.2) is 0 Å². The molecule has 0 heterocycles. The summed E-state index contributed by atoms with van der Waals surface area (Å²) in [5.41, 5.74) is 2.71. The van der Waals surface area contributed by atoms with Crippen molar-refractivity contribution in [2.45, 2.75) is 38.0 Å². The van der Waals surface area contributed by atoms with Crippen molar-refractivity contribution in [3.8, 4) is 0 Å². The lowest BCUT2D eigenvalue weighted by Crippen LogP contribution is -1.96. The second kappa shape index (κ2) is 5.09. The Morgan fingerprint density at radius 2 is 2.00 bits per heavy atom. The number of hydrogen-bond acceptors (Lipinski definition) is 1. The van der Waals surface area contributed by atoms with E-state index in [2.05, 4.69) is 33.1 Å². The summed E-state index contributed by atoms with van der Waals surface area (Å²) in [5, 5.41) is 0.904. The zero-order chi connectivity index (χ0) is 10.7. The minimum absolute atomic E-state index is 0.569. The third-order valence-corrected chi connectivity index (χ3v) is 3.66. The van der Waals surface area contributed by atoms with Crippen LogP contribution in [0.4, 0.5) is 0 Å². The van der Waals surface area contributed by atoms with Gasteiger partial charge in [0.25, 0.3) is 0 Å². The largest absolute Gasteiger partial charge is 0.129 e. The van der Waals surface area contributed by atoms with Gasteiger partial charge in [-0.2, -0.15) is 0 Å². The summed E-state index contributed by atoms with van der Waals surface area (Å²) in [5.74, 6) is 0.569. The van der Waals surface area contributed by atoms with Crippen LogP contribution in [0.1, 0.15) is 37.8 Å². The molecule has 0 saturated heterocycles. The van der Waals surface area contributed by atoms with Gasteiger partial charge in [-0.1, -0.05) is 38.4 Å². The molecule has 1 aromatic rings. The molecular formula is C12H17ClS. The topological polar surface area (TPSA) is 0 Å². The van der Waals surface area contributed by atoms with Gasteiger partial charge in [0.1, 0.15) is 0 Å². The maximum atomic E-state index is 6.17. The molecule has 2 heteroatoms. The molecule has 0 radical (unpaired) electrons. The molecule has 0 nitrogen and oxygen atoms in total. The maximum absolute atomic E-state index is 6.17. The Kier molecular flexibility index (Phi) is 4.33. The zero-order valence-corrected chi connectivity index (χ0v) is 10.8. The van der Waals surface area contributed by atoms with Crippen LogP contribution in [0.25, 0.3) is 0 Å². The van der Waals surface area contributed by atoms with Crippen LogP contribution >= 0.6 is 23.4 Å². The molecule has 1 aromatic carbocycles. The van der Waals surface area contributed by atoms with Crippen LogP contribution in [-0.4, -0.2) is 6.26 Å². The van der Waals surface area contributed by atoms with Crippen molar-refractivity contribution in [3.05, 3.63) is 28.3 Å². The Balaban J connectivity index is 3.33. The molecule has 0 aromatic heterocycles. The number of rotatable bonds is 3. The van der Waals surface area contributed by atoms with Crippen LogP contribution in [0.2, 0.25) is 5.02 Å². The van der Waals surface area contributed by atoms with Gasteiger partial charge in [-0.25, -0.2) is 0 Å². The van der Waals surface area contributed by atoms with Crippen LogP contribution < -0.4 is 0 Å². The molecule has 0 bridgehead atoms. The van der Waals surface area contributed by atoms with E-state index in [1.807, 2.05) is 6.07 Å². The SMILES string of the molecule is CCc1c(Cl)ccc(C(C)C)c1SC. The lowest BCUT2D eigenvalue weighted by Gasteiger charge is -2.15. The highest BCUT2D eigenvalue weighted by Crippen LogP contribution is 2.34. The molecule has 0 fully saturated rings. The molecule has 0 unspecified atom stereocenters. The maximum Gasteiger partial charge on any atom is 0.0449 e. The van der Waals surface area contributed by atoms with Crippen molar-refractivity contribution < 1.29 is 0 Å². The van der Waals surface area contributed by atoms with E-state index in [1.165, 1.54) is 16.0 Å². The van der Waals surface area contributed by atoms with E-state index in [4.69, 9.17) is 11.6 Å². The Morgan fingerprint density at radius 3 is 2.43 bits per heavy atom. The number of benzene rings is 1. The first kappa shape index (κ1) is 11.9. The highest BCUT2D eigenvalue weighted by atomic mass is 35.5. The van der Waals surface area contributed by atoms with E-state index in [0.717, 1.165) is 11.4 Å². The van der Waals surface area contributed by atoms with Crippen LogP contribution in [0, 0.1) is 0 Å². The van der Waals surface area contributed by atoms with Gasteiger partial charge in [-0.3, -0.25) is 0 Å². The number of hydrogen-bond donors (Lipinski definition) is 0. The summed E-state index contributed by atoms with van der Waals surface area (Å²) in [6.45, 7) is 6.61. The van der Waals surface area contributed by atoms with Crippen LogP contribution in [0.3, 0.4) is 0 Å². The molecule has 0 aliphatic rings. The summed E-state index contributed by atoms with van der Waals surface area (Å²) in [6, 6.07) is 4.17. The van der Waals surface area contributed by atoms with Crippen molar-refractivity contribution in [2.75, 3.05) is 6.26 Å². The van der Waals surface area contributed by atoms with Gasteiger partial charge in [-0.05, 0) is 35.8 Å². The quantitative estimate of drug-likeness (QED) is 0.673. The third kappa shape index (κ3) is 2.26. The molecule has 0 amide bonds. The van der Waals surface area contributed by atoms with Gasteiger partial charge >= 0.3 is 0 Å². The Bertz CT molecular complexity index is 318. The normalized spacial score (nSPS) is 11.0. The van der Waals surface area contributed by atoms with Gasteiger partial charge in [0, 0.05) is 9.92 Å². The molecule has 1 rings (SSSR count). The standard InChI is InChI=1S/C12H17ClS/c1-5-9-11(13)7-6-10(8(2)3)12(9)14-4/h6-8H,5H2,1-4H3. The average molecular weight is 229 g/mol. The predicted molar refractivity (Wildman–Crippen MR) is 66.7 cm³/mol. The Labute approximate surface area is 96.0 Å². The van der Waals surface area contributed by atoms with E-state index in [1.54, 1.807) is 11.8 Å². The van der Waals surface area contributed by atoms with Crippen molar-refractivity contribution in [1.82, 2.24) is 0 Å². The average Bonchev–Trinajstić information content (AvgIpc) is 2.16. The fraction of sp³-hybridized carbons (Fsp3) is 0.500. The van der Waals surface area contributed by atoms with Crippen LogP contribution in [0.15, 0.2) is 17.0 Å². The molecule has 0 spiro atoms. The van der Waals surface area contributed by atoms with Gasteiger partial charge in [-0.15, -0.1) is 11.8 Å². The molecule has 78 valence electrons. The second-order valence-corrected chi connectivity index (χ2v) is 4.88. The van der Waals surface area contributed by atoms with Crippen LogP contribution in [-0.2, 0) is 6.42 Å². The smallest absolute Gasteiger partial charge is 0.0449 e. The summed E-state index contributed by atoms with van der Waals surface area (Å²) in [6.07, 6.45) is 3.13. The van der Waals surface area contributed by atoms with Gasteiger partial charge in [0.2, 0.25) is 0 Å². The first-order chi connectivity index (χ1) is 6.61. The van der Waals surface area contributed by atoms with Crippen molar-refractivity contribution in [1.29, 1.82) is 0 Å². The van der Waals surface area contributed by atoms with Crippen molar-refractivity contribution >= 4 is 23.4 Å². The Hall–Kier alpha value is -0.140. The zero-order valence-electron chi connectivity index (χ0n) is 9.23. The monoisotopic (exact) mass is 228 g/mol. The molecule has 14 heavy (non-hydrogen) atoms. The molecule has 0 N–H and O–H groups in total. The second-order valence-electron chi connectivity index (χ2n) is 3.66. The van der Waals surface area contributed by atoms with Crippen molar-refractivity contribution in [3.63, 3.8) is 0 Å². The predicted octanol–water partition coefficient (Wildman–Crippen LogP) is 4.75. The minimum Gasteiger partial charge on any atom is -0.129 e. The summed E-state index contributed by atoms with van der Waals surface area (Å²) in [4.78, 5) is 1.37. The first-order valence-electron chi connectivity index (χ1n) is 4.97. The molecule has 0 saturated carbocycles. The first-order valence-corrected chi connectivity index (χ1v) is 6.57. The lowest BCUT2D eigenvalue weighted by atomic mass is 9.99. The fourth-order valence-electron chi connectivity index (χ4n) is 1.65. The van der Waals surface area contributed by atoms with E-state index in [9.17, 15) is 0 Å². The minimum atomic E-state index is 0.569. The molecule has 0 atom stereocenters. The molecular weight excluding hydrogens is 212 g/mol. The number of thioether (sulfide) groups is 1. The Morgan fingerprint density at radius 1 is 1.36 bits per heavy atom. The van der Waals surface area contributed by atoms with E-state index in [0.29, 0.717) is 5.92 Å². The van der Waals surface area contributed by atoms with Gasteiger partial charge in [0.05, 0.1) is 0 Å². The molecule has 0 aliphatic heterocycles. The van der Waals surface area contributed by atoms with Gasteiger partial charge < -0.3 is 0 Å². The van der Waals surface area contributed by atoms with Crippen molar-refractivity contribution in [2.24, 2.45) is 0 Å². The summed E-state index contributed by atoms with van der Waals surface area (Å²) in [7, 11) is 0. The third-order valence-electron chi connectivity index (χ3n) is 2.41. The fourth-order valence-corrected chi connectivity index (χ4v) is 3.03. The molecule has 0 aliphatic carbocycles. The van der Waals surface area contributed by atoms with E-state index >= 15 is 0 Å². The highest BCUT2D eigenvalue weighted by molar-refractivity contribution is 7.98. The van der Waals surface area contributed by atoms with E-state index < -0.39 is 0 Å². The van der Waals surface area contributed by atoms with E-state index in [-0.39, 0.29) is 0 Å². The highest BCUT2D eigenvalue weighted by Gasteiger charge is 2.12. The van der Waals surface area contributed by atoms with Crippen LogP contribution in [0.5, 0.6) is 0 Å². The summed E-state index contributed by atoms with van der Waals surface area (Å²) >= 11 is 7.98.